The number of nitrogens with one attached hydrogen (secondary N) is 2. The lowest BCUT2D eigenvalue weighted by atomic mass is 10.1. The summed E-state index contributed by atoms with van der Waals surface area (Å²) in [4.78, 5) is 12.6. The average molecular weight is 419 g/mol. The number of methoxy groups -OCH3 is 1. The van der Waals surface area contributed by atoms with Crippen molar-refractivity contribution >= 4 is 21.6 Å². The van der Waals surface area contributed by atoms with Gasteiger partial charge in [0.15, 0.2) is 0 Å². The van der Waals surface area contributed by atoms with Gasteiger partial charge in [-0.2, -0.15) is 0 Å². The van der Waals surface area contributed by atoms with Crippen molar-refractivity contribution in [3.63, 3.8) is 0 Å². The van der Waals surface area contributed by atoms with Crippen LogP contribution in [0.2, 0.25) is 0 Å². The predicted molar refractivity (Wildman–Crippen MR) is 111 cm³/mol. The molecule has 3 rings (SSSR count). The monoisotopic (exact) mass is 418 g/mol. The van der Waals surface area contributed by atoms with Crippen molar-refractivity contribution in [2.75, 3.05) is 18.4 Å². The Balaban J connectivity index is 1.79. The molecule has 2 aromatic carbocycles. The number of amides is 1. The average Bonchev–Trinajstić information content (AvgIpc) is 3.11. The lowest BCUT2D eigenvalue weighted by Gasteiger charge is -2.16. The van der Waals surface area contributed by atoms with E-state index in [1.807, 2.05) is 0 Å². The van der Waals surface area contributed by atoms with Gasteiger partial charge in [0.05, 0.1) is 23.8 Å². The van der Waals surface area contributed by atoms with E-state index in [0.29, 0.717) is 23.5 Å². The van der Waals surface area contributed by atoms with Crippen molar-refractivity contribution in [3.8, 4) is 5.75 Å². The molecule has 2 atom stereocenters. The molecule has 1 amide bonds. The summed E-state index contributed by atoms with van der Waals surface area (Å²) in [5.74, 6) is 0.0791. The number of sulfonamides is 1. The maximum atomic E-state index is 12.9. The first kappa shape index (κ1) is 21.1. The second-order valence-electron chi connectivity index (χ2n) is 7.25. The third kappa shape index (κ3) is 4.89. The Morgan fingerprint density at radius 3 is 2.66 bits per heavy atom. The normalized spacial score (nSPS) is 19.0. The predicted octanol–water partition coefficient (Wildman–Crippen LogP) is 2.70. The molecule has 1 aliphatic carbocycles. The summed E-state index contributed by atoms with van der Waals surface area (Å²) in [6.45, 7) is 2.04. The topological polar surface area (TPSA) is 105 Å². The van der Waals surface area contributed by atoms with E-state index >= 15 is 0 Å². The van der Waals surface area contributed by atoms with Crippen LogP contribution in [0, 0.1) is 12.8 Å². The first-order chi connectivity index (χ1) is 13.8. The number of aryl methyl sites for hydroxylation is 1. The van der Waals surface area contributed by atoms with Gasteiger partial charge in [-0.1, -0.05) is 24.6 Å². The summed E-state index contributed by atoms with van der Waals surface area (Å²) in [7, 11) is -2.46. The summed E-state index contributed by atoms with van der Waals surface area (Å²) < 4.78 is 33.6. The SMILES string of the molecule is COc1ccccc1NS(=O)(=O)c1cc(C(=O)NC[C@@H]2CCC[C@@H]2O)ccc1C. The van der Waals surface area contributed by atoms with Crippen LogP contribution >= 0.6 is 0 Å². The number of aliphatic hydroxyl groups is 1. The van der Waals surface area contributed by atoms with E-state index in [0.717, 1.165) is 19.3 Å². The van der Waals surface area contributed by atoms with Crippen LogP contribution in [0.4, 0.5) is 5.69 Å². The van der Waals surface area contributed by atoms with E-state index < -0.39 is 16.1 Å². The van der Waals surface area contributed by atoms with E-state index in [1.165, 1.54) is 13.2 Å². The second kappa shape index (κ2) is 8.84. The van der Waals surface area contributed by atoms with Gasteiger partial charge in [-0.15, -0.1) is 0 Å². The maximum absolute atomic E-state index is 12.9. The zero-order chi connectivity index (χ0) is 21.0. The number of carbonyl (C=O) groups excluding carboxylic acids is 1. The Hall–Kier alpha value is -2.58. The highest BCUT2D eigenvalue weighted by atomic mass is 32.2. The molecular formula is C21H26N2O5S. The van der Waals surface area contributed by atoms with Crippen LogP contribution in [-0.4, -0.2) is 39.2 Å². The van der Waals surface area contributed by atoms with Crippen LogP contribution in [-0.2, 0) is 10.0 Å². The zero-order valence-electron chi connectivity index (χ0n) is 16.5. The Morgan fingerprint density at radius 2 is 1.97 bits per heavy atom. The molecule has 156 valence electrons. The summed E-state index contributed by atoms with van der Waals surface area (Å²) >= 11 is 0. The first-order valence-electron chi connectivity index (χ1n) is 9.54. The highest BCUT2D eigenvalue weighted by molar-refractivity contribution is 7.92. The van der Waals surface area contributed by atoms with Gasteiger partial charge in [0, 0.05) is 18.0 Å². The molecule has 8 heteroatoms. The van der Waals surface area contributed by atoms with Crippen LogP contribution < -0.4 is 14.8 Å². The highest BCUT2D eigenvalue weighted by Crippen LogP contribution is 2.28. The van der Waals surface area contributed by atoms with Gasteiger partial charge in [0.1, 0.15) is 5.75 Å². The van der Waals surface area contributed by atoms with Crippen molar-refractivity contribution in [2.45, 2.75) is 37.2 Å². The molecule has 0 bridgehead atoms. The summed E-state index contributed by atoms with van der Waals surface area (Å²) in [5, 5.41) is 12.7. The Labute approximate surface area is 171 Å². The van der Waals surface area contributed by atoms with Crippen molar-refractivity contribution < 1.29 is 23.1 Å². The molecule has 0 heterocycles. The van der Waals surface area contributed by atoms with Gasteiger partial charge in [0.25, 0.3) is 15.9 Å². The van der Waals surface area contributed by atoms with Crippen LogP contribution in [0.1, 0.15) is 35.2 Å². The van der Waals surface area contributed by atoms with Gasteiger partial charge in [-0.05, 0) is 49.6 Å². The number of benzene rings is 2. The van der Waals surface area contributed by atoms with Gasteiger partial charge in [-0.25, -0.2) is 8.42 Å². The Bertz CT molecular complexity index is 990. The Kier molecular flexibility index (Phi) is 6.44. The molecule has 0 radical (unpaired) electrons. The fraction of sp³-hybridized carbons (Fsp3) is 0.381. The van der Waals surface area contributed by atoms with E-state index in [-0.39, 0.29) is 22.3 Å². The van der Waals surface area contributed by atoms with Crippen LogP contribution in [0.5, 0.6) is 5.75 Å². The number of anilines is 1. The van der Waals surface area contributed by atoms with E-state index in [9.17, 15) is 18.3 Å². The third-order valence-electron chi connectivity index (χ3n) is 5.23. The molecule has 1 aliphatic rings. The molecule has 0 spiro atoms. The summed E-state index contributed by atoms with van der Waals surface area (Å²) in [5.41, 5.74) is 1.10. The first-order valence-corrected chi connectivity index (χ1v) is 11.0. The standard InChI is InChI=1S/C21H26N2O5S/c1-14-10-11-15(21(25)22-13-16-6-5-8-18(16)24)12-20(14)29(26,27)23-17-7-3-4-9-19(17)28-2/h3-4,7,9-12,16,18,23-24H,5-6,8,13H2,1-2H3,(H,22,25)/t16-,18-/m0/s1. The van der Waals surface area contributed by atoms with Crippen molar-refractivity contribution in [1.29, 1.82) is 0 Å². The lowest BCUT2D eigenvalue weighted by Crippen LogP contribution is -2.32. The molecule has 2 aromatic rings. The Morgan fingerprint density at radius 1 is 1.21 bits per heavy atom. The van der Waals surface area contributed by atoms with E-state index in [4.69, 9.17) is 4.74 Å². The number of hydrogen-bond acceptors (Lipinski definition) is 5. The molecule has 0 unspecified atom stereocenters. The minimum absolute atomic E-state index is 0.0250. The number of ether oxygens (including phenoxy) is 1. The maximum Gasteiger partial charge on any atom is 0.262 e. The highest BCUT2D eigenvalue weighted by Gasteiger charge is 2.26. The lowest BCUT2D eigenvalue weighted by molar-refractivity contribution is 0.0916. The van der Waals surface area contributed by atoms with Crippen LogP contribution in [0.15, 0.2) is 47.4 Å². The fourth-order valence-corrected chi connectivity index (χ4v) is 4.88. The number of rotatable bonds is 7. The van der Waals surface area contributed by atoms with E-state index in [1.54, 1.807) is 43.3 Å². The molecule has 29 heavy (non-hydrogen) atoms. The molecule has 1 saturated carbocycles. The quantitative estimate of drug-likeness (QED) is 0.641. The van der Waals surface area contributed by atoms with Gasteiger partial charge in [0.2, 0.25) is 0 Å². The minimum Gasteiger partial charge on any atom is -0.495 e. The molecule has 1 fully saturated rings. The third-order valence-corrected chi connectivity index (χ3v) is 6.74. The molecule has 0 saturated heterocycles. The van der Waals surface area contributed by atoms with Gasteiger partial charge in [-0.3, -0.25) is 9.52 Å². The van der Waals surface area contributed by atoms with Crippen molar-refractivity contribution in [3.05, 3.63) is 53.6 Å². The van der Waals surface area contributed by atoms with Crippen molar-refractivity contribution in [2.24, 2.45) is 5.92 Å². The molecule has 0 aliphatic heterocycles. The molecule has 0 aromatic heterocycles. The summed E-state index contributed by atoms with van der Waals surface area (Å²) in [6.07, 6.45) is 2.18. The molecular weight excluding hydrogens is 392 g/mol. The number of carbonyl (C=O) groups is 1. The molecule has 3 N–H and O–H groups in total. The van der Waals surface area contributed by atoms with E-state index in [2.05, 4.69) is 10.0 Å². The van der Waals surface area contributed by atoms with Crippen LogP contribution in [0.25, 0.3) is 0 Å². The summed E-state index contributed by atoms with van der Waals surface area (Å²) in [6, 6.07) is 11.3. The second-order valence-corrected chi connectivity index (χ2v) is 8.91. The van der Waals surface area contributed by atoms with Gasteiger partial charge >= 0.3 is 0 Å². The minimum atomic E-state index is -3.92. The zero-order valence-corrected chi connectivity index (χ0v) is 17.3. The van der Waals surface area contributed by atoms with Crippen molar-refractivity contribution in [1.82, 2.24) is 5.32 Å². The number of hydrogen-bond donors (Lipinski definition) is 3. The van der Waals surface area contributed by atoms with Crippen LogP contribution in [0.3, 0.4) is 0 Å². The van der Waals surface area contributed by atoms with Gasteiger partial charge < -0.3 is 15.2 Å². The fourth-order valence-electron chi connectivity index (χ4n) is 3.54. The number of aliphatic hydroxyl groups excluding tert-OH is 1. The molecule has 7 nitrogen and oxygen atoms in total. The largest absolute Gasteiger partial charge is 0.495 e. The number of para-hydroxylation sites is 2. The smallest absolute Gasteiger partial charge is 0.262 e.